The molecule has 0 radical (unpaired) electrons. The van der Waals surface area contributed by atoms with Gasteiger partial charge in [0.15, 0.2) is 0 Å². The molecule has 0 N–H and O–H groups in total. The molecule has 1 saturated heterocycles. The molecule has 3 heteroatoms. The second-order valence-corrected chi connectivity index (χ2v) is 38.0. The first-order valence-electron chi connectivity index (χ1n) is 7.74. The Balaban J connectivity index is 1.97. The molecule has 0 spiro atoms. The van der Waals surface area contributed by atoms with E-state index >= 15 is 0 Å². The second kappa shape index (κ2) is 3.86. The molecule has 1 fully saturated rings. The maximum absolute atomic E-state index is 7.56. The summed E-state index contributed by atoms with van der Waals surface area (Å²) in [5.74, 6) is 0. The van der Waals surface area contributed by atoms with Gasteiger partial charge in [0, 0.05) is 0 Å². The van der Waals surface area contributed by atoms with E-state index in [1.54, 1.807) is 0 Å². The van der Waals surface area contributed by atoms with Gasteiger partial charge in [-0.15, -0.1) is 0 Å². The number of fused-ring (bicyclic) bond motifs is 1. The molecular weight excluding hydrogens is 378 g/mol. The Kier molecular flexibility index (Phi) is 2.67. The van der Waals surface area contributed by atoms with Gasteiger partial charge in [-0.3, -0.25) is 0 Å². The van der Waals surface area contributed by atoms with E-state index in [0.29, 0.717) is 0 Å². The van der Waals surface area contributed by atoms with Crippen molar-refractivity contribution in [2.45, 2.75) is 32.2 Å². The van der Waals surface area contributed by atoms with Crippen molar-refractivity contribution < 1.29 is 14.9 Å². The number of hydrogen-bond donors (Lipinski definition) is 0. The van der Waals surface area contributed by atoms with Gasteiger partial charge in [-0.05, 0) is 0 Å². The molecule has 4 rings (SSSR count). The van der Waals surface area contributed by atoms with Crippen LogP contribution in [0.1, 0.15) is 33.7 Å². The van der Waals surface area contributed by atoms with Crippen molar-refractivity contribution in [3.63, 3.8) is 0 Å². The maximum atomic E-state index is 7.56. The summed E-state index contributed by atoms with van der Waals surface area (Å²) >= 11 is -4.36. The van der Waals surface area contributed by atoms with Gasteiger partial charge in [0.2, 0.25) is 0 Å². The summed E-state index contributed by atoms with van der Waals surface area (Å²) in [5, 5.41) is 0. The molecule has 0 aromatic heterocycles. The number of aryl methyl sites for hydroxylation is 1. The average Bonchev–Trinajstić information content (AvgIpc) is 2.88. The summed E-state index contributed by atoms with van der Waals surface area (Å²) in [5.41, 5.74) is 5.42. The second-order valence-electron chi connectivity index (χ2n) is 7.39. The first-order chi connectivity index (χ1) is 9.80. The zero-order valence-electron chi connectivity index (χ0n) is 12.5. The molecule has 21 heavy (non-hydrogen) atoms. The fourth-order valence-electron chi connectivity index (χ4n) is 4.71. The van der Waals surface area contributed by atoms with Gasteiger partial charge in [0.1, 0.15) is 0 Å². The predicted octanol–water partition coefficient (Wildman–Crippen LogP) is 6.68. The Hall–Kier alpha value is -0.0969. The molecule has 3 aliphatic rings. The quantitative estimate of drug-likeness (QED) is 0.521. The van der Waals surface area contributed by atoms with Gasteiger partial charge in [-0.1, -0.05) is 0 Å². The Morgan fingerprint density at radius 1 is 1.14 bits per heavy atom. The van der Waals surface area contributed by atoms with Gasteiger partial charge < -0.3 is 0 Å². The third kappa shape index (κ3) is 1.66. The normalized spacial score (nSPS) is 33.0. The SMILES string of the molecule is CC1=Cc2c(C)cccc2[CH]1[Zr]1([Cl])([Cl])([C]2=CC=CC2)[CH2][CH2]1. The summed E-state index contributed by atoms with van der Waals surface area (Å²) in [4.78, 5) is 0. The van der Waals surface area contributed by atoms with Crippen LogP contribution in [0.4, 0.5) is 0 Å². The molecule has 0 bridgehead atoms. The molecule has 1 aliphatic heterocycles. The monoisotopic (exact) mass is 396 g/mol. The van der Waals surface area contributed by atoms with E-state index in [4.69, 9.17) is 17.0 Å². The molecule has 1 aromatic rings. The van der Waals surface area contributed by atoms with Crippen LogP contribution >= 0.6 is 17.0 Å². The average molecular weight is 398 g/mol. The van der Waals surface area contributed by atoms with Gasteiger partial charge in [0.05, 0.1) is 0 Å². The molecule has 2 aliphatic carbocycles. The summed E-state index contributed by atoms with van der Waals surface area (Å²) < 4.78 is 3.68. The first kappa shape index (κ1) is 14.5. The number of allylic oxidation sites excluding steroid dienone is 5. The Morgan fingerprint density at radius 2 is 1.90 bits per heavy atom. The zero-order chi connectivity index (χ0) is 14.9. The van der Waals surface area contributed by atoms with Gasteiger partial charge in [-0.2, -0.15) is 0 Å². The van der Waals surface area contributed by atoms with Crippen LogP contribution in [-0.2, 0) is 14.9 Å². The van der Waals surface area contributed by atoms with Gasteiger partial charge in [0.25, 0.3) is 0 Å². The van der Waals surface area contributed by atoms with E-state index in [2.05, 4.69) is 56.4 Å². The molecule has 0 nitrogen and oxygen atoms in total. The fraction of sp³-hybridized carbons (Fsp3) is 0.333. The molecule has 0 amide bonds. The van der Waals surface area contributed by atoms with E-state index in [1.807, 2.05) is 0 Å². The van der Waals surface area contributed by atoms with Crippen molar-refractivity contribution in [3.8, 4) is 0 Å². The van der Waals surface area contributed by atoms with Crippen LogP contribution in [-0.4, -0.2) is 0 Å². The number of halogens is 2. The van der Waals surface area contributed by atoms with Crippen LogP contribution in [0.5, 0.6) is 0 Å². The number of rotatable bonds is 2. The first-order valence-corrected chi connectivity index (χ1v) is 20.2. The number of benzene rings is 1. The van der Waals surface area contributed by atoms with Crippen LogP contribution in [0.2, 0.25) is 8.26 Å². The van der Waals surface area contributed by atoms with Crippen LogP contribution in [0, 0.1) is 6.92 Å². The van der Waals surface area contributed by atoms with E-state index in [9.17, 15) is 0 Å². The molecule has 0 saturated carbocycles. The molecule has 110 valence electrons. The topological polar surface area (TPSA) is 0 Å². The zero-order valence-corrected chi connectivity index (χ0v) is 16.5. The van der Waals surface area contributed by atoms with Crippen molar-refractivity contribution in [2.24, 2.45) is 0 Å². The van der Waals surface area contributed by atoms with Crippen LogP contribution in [0.3, 0.4) is 0 Å². The van der Waals surface area contributed by atoms with E-state index in [1.165, 1.54) is 25.5 Å². The van der Waals surface area contributed by atoms with Crippen molar-refractivity contribution in [2.75, 3.05) is 0 Å². The fourth-order valence-corrected chi connectivity index (χ4v) is 37.0. The standard InChI is InChI=1S/C11H11.C5H5.C2H4.2ClH.Zr/c1-8-6-10-5-3-4-9(2)11(10)7-8;1-2-4-5-3-1;1-2;;;/h3-7H,1-2H3;1-3H,4H2;1-2H2;2*1H;/q;;;;;+2/p-2. The third-order valence-electron chi connectivity index (χ3n) is 6.09. The minimum atomic E-state index is -4.36. The molecule has 1 heterocycles. The van der Waals surface area contributed by atoms with Gasteiger partial charge in [-0.25, -0.2) is 0 Å². The molecular formula is C18H20Cl2Zr. The Labute approximate surface area is 131 Å². The molecule has 1 unspecified atom stereocenters. The minimum absolute atomic E-state index is 0.260. The van der Waals surface area contributed by atoms with Crippen LogP contribution in [0.25, 0.3) is 6.08 Å². The number of hydrogen-bond acceptors (Lipinski definition) is 0. The summed E-state index contributed by atoms with van der Waals surface area (Å²) in [6.45, 7) is 4.40. The molecule has 1 aromatic carbocycles. The summed E-state index contributed by atoms with van der Waals surface area (Å²) in [7, 11) is 15.1. The van der Waals surface area contributed by atoms with Crippen molar-refractivity contribution in [3.05, 3.63) is 62.0 Å². The Morgan fingerprint density at radius 3 is 2.52 bits per heavy atom. The van der Waals surface area contributed by atoms with E-state index in [-0.39, 0.29) is 3.63 Å². The summed E-state index contributed by atoms with van der Waals surface area (Å²) in [6.07, 6.45) is 9.82. The van der Waals surface area contributed by atoms with E-state index in [0.717, 1.165) is 14.7 Å². The van der Waals surface area contributed by atoms with Crippen LogP contribution < -0.4 is 0 Å². The summed E-state index contributed by atoms with van der Waals surface area (Å²) in [6, 6.07) is 6.57. The molecule has 1 atom stereocenters. The van der Waals surface area contributed by atoms with Crippen molar-refractivity contribution in [1.29, 1.82) is 0 Å². The van der Waals surface area contributed by atoms with Crippen molar-refractivity contribution >= 4 is 23.1 Å². The predicted molar refractivity (Wildman–Crippen MR) is 90.7 cm³/mol. The van der Waals surface area contributed by atoms with Gasteiger partial charge >= 0.3 is 132 Å². The third-order valence-corrected chi connectivity index (χ3v) is 32.7. The van der Waals surface area contributed by atoms with Crippen LogP contribution in [0.15, 0.2) is 45.3 Å². The van der Waals surface area contributed by atoms with E-state index < -0.39 is 14.9 Å². The van der Waals surface area contributed by atoms with Crippen molar-refractivity contribution in [1.82, 2.24) is 0 Å². The Bertz CT molecular complexity index is 772.